The molecule has 0 aliphatic carbocycles. The highest BCUT2D eigenvalue weighted by atomic mass is 35.5. The van der Waals surface area contributed by atoms with Crippen molar-refractivity contribution in [2.45, 2.75) is 13.8 Å². The van der Waals surface area contributed by atoms with Crippen molar-refractivity contribution >= 4 is 28.6 Å². The lowest BCUT2D eigenvalue weighted by Crippen LogP contribution is -2.00. The lowest BCUT2D eigenvalue weighted by Gasteiger charge is -2.07. The molecule has 3 heterocycles. The molecule has 19 heavy (non-hydrogen) atoms. The molecular formula is C12H11ClN4OS. The van der Waals surface area contributed by atoms with Crippen LogP contribution in [0.15, 0.2) is 11.4 Å². The second kappa shape index (κ2) is 4.47. The van der Waals surface area contributed by atoms with E-state index >= 15 is 0 Å². The van der Waals surface area contributed by atoms with Crippen LogP contribution in [0.5, 0.6) is 5.75 Å². The van der Waals surface area contributed by atoms with E-state index in [-0.39, 0.29) is 0 Å². The lowest BCUT2D eigenvalue weighted by molar-refractivity contribution is 0.418. The fourth-order valence-corrected chi connectivity index (χ4v) is 3.03. The van der Waals surface area contributed by atoms with Crippen molar-refractivity contribution in [2.24, 2.45) is 0 Å². The summed E-state index contributed by atoms with van der Waals surface area (Å²) in [7, 11) is 1.64. The Hall–Kier alpha value is -1.66. The molecule has 0 bridgehead atoms. The summed E-state index contributed by atoms with van der Waals surface area (Å²) in [6, 6.07) is 1.91. The second-order valence-corrected chi connectivity index (χ2v) is 5.35. The molecule has 0 aliphatic rings. The van der Waals surface area contributed by atoms with Gasteiger partial charge in [0.1, 0.15) is 10.6 Å². The zero-order chi connectivity index (χ0) is 13.6. The fraction of sp³-hybridized carbons (Fsp3) is 0.250. The van der Waals surface area contributed by atoms with Crippen molar-refractivity contribution in [3.63, 3.8) is 0 Å². The van der Waals surface area contributed by atoms with Gasteiger partial charge in [-0.2, -0.15) is 0 Å². The van der Waals surface area contributed by atoms with Crippen molar-refractivity contribution < 1.29 is 4.74 Å². The number of aromatic nitrogens is 4. The number of hydrogen-bond donors (Lipinski definition) is 0. The van der Waals surface area contributed by atoms with Gasteiger partial charge < -0.3 is 4.74 Å². The van der Waals surface area contributed by atoms with Crippen LogP contribution >= 0.6 is 22.9 Å². The van der Waals surface area contributed by atoms with E-state index < -0.39 is 0 Å². The van der Waals surface area contributed by atoms with Crippen LogP contribution in [0.25, 0.3) is 16.3 Å². The Morgan fingerprint density at radius 3 is 2.84 bits per heavy atom. The Labute approximate surface area is 118 Å². The number of methoxy groups -OCH3 is 1. The first-order valence-electron chi connectivity index (χ1n) is 5.63. The molecule has 0 amide bonds. The number of thiophene rings is 1. The first-order valence-corrected chi connectivity index (χ1v) is 6.89. The van der Waals surface area contributed by atoms with Gasteiger partial charge in [0.15, 0.2) is 16.6 Å². The van der Waals surface area contributed by atoms with Gasteiger partial charge in [-0.15, -0.1) is 21.5 Å². The molecule has 0 fully saturated rings. The lowest BCUT2D eigenvalue weighted by atomic mass is 10.3. The maximum Gasteiger partial charge on any atom is 0.199 e. The molecule has 3 aromatic rings. The fourth-order valence-electron chi connectivity index (χ4n) is 1.94. The topological polar surface area (TPSA) is 52.3 Å². The van der Waals surface area contributed by atoms with E-state index in [1.165, 1.54) is 0 Å². The van der Waals surface area contributed by atoms with Crippen LogP contribution < -0.4 is 4.74 Å². The molecule has 0 saturated carbocycles. The van der Waals surface area contributed by atoms with Gasteiger partial charge in [0.25, 0.3) is 0 Å². The summed E-state index contributed by atoms with van der Waals surface area (Å²) < 4.78 is 7.25. The minimum atomic E-state index is 0.359. The second-order valence-electron chi connectivity index (χ2n) is 4.07. The van der Waals surface area contributed by atoms with Gasteiger partial charge in [-0.1, -0.05) is 11.6 Å². The summed E-state index contributed by atoms with van der Waals surface area (Å²) in [4.78, 5) is 5.18. The molecule has 0 N–H and O–H groups in total. The van der Waals surface area contributed by atoms with E-state index in [1.807, 2.05) is 29.7 Å². The predicted octanol–water partition coefficient (Wildman–Crippen LogP) is 3.13. The summed E-state index contributed by atoms with van der Waals surface area (Å²) in [6.07, 6.45) is 0. The Kier molecular flexibility index (Phi) is 2.91. The van der Waals surface area contributed by atoms with Crippen LogP contribution in [-0.4, -0.2) is 26.7 Å². The summed E-state index contributed by atoms with van der Waals surface area (Å²) >= 11 is 7.68. The third-order valence-electron chi connectivity index (χ3n) is 3.02. The maximum atomic E-state index is 6.12. The third-order valence-corrected chi connectivity index (χ3v) is 4.17. The van der Waals surface area contributed by atoms with Crippen LogP contribution in [0.2, 0.25) is 5.15 Å². The largest absolute Gasteiger partial charge is 0.495 e. The van der Waals surface area contributed by atoms with Crippen LogP contribution in [-0.2, 0) is 0 Å². The van der Waals surface area contributed by atoms with E-state index in [0.717, 1.165) is 27.8 Å². The highest BCUT2D eigenvalue weighted by Gasteiger charge is 2.19. The third kappa shape index (κ3) is 1.79. The number of aryl methyl sites for hydroxylation is 2. The van der Waals surface area contributed by atoms with Crippen molar-refractivity contribution in [3.05, 3.63) is 28.0 Å². The number of nitrogens with zero attached hydrogens (tertiary/aromatic N) is 4. The first-order chi connectivity index (χ1) is 9.13. The molecule has 7 heteroatoms. The standard InChI is InChI=1S/C12H11ClN4OS/c1-6-7(2)17-11(9-8(18-3)4-5-19-9)15-16-12(17)10(13)14-6/h4-5H,1-3H3. The molecule has 3 aromatic heterocycles. The molecule has 98 valence electrons. The van der Waals surface area contributed by atoms with E-state index in [1.54, 1.807) is 18.4 Å². The summed E-state index contributed by atoms with van der Waals surface area (Å²) in [6.45, 7) is 3.88. The molecule has 0 aromatic carbocycles. The van der Waals surface area contributed by atoms with Gasteiger partial charge in [-0.05, 0) is 25.3 Å². The van der Waals surface area contributed by atoms with Gasteiger partial charge in [0.2, 0.25) is 0 Å². The number of hydrogen-bond acceptors (Lipinski definition) is 5. The van der Waals surface area contributed by atoms with Gasteiger partial charge in [0, 0.05) is 5.69 Å². The van der Waals surface area contributed by atoms with E-state index in [0.29, 0.717) is 10.8 Å². The molecule has 0 radical (unpaired) electrons. The van der Waals surface area contributed by atoms with Crippen molar-refractivity contribution in [2.75, 3.05) is 7.11 Å². The normalized spacial score (nSPS) is 11.2. The molecular weight excluding hydrogens is 284 g/mol. The minimum absolute atomic E-state index is 0.359. The monoisotopic (exact) mass is 294 g/mol. The van der Waals surface area contributed by atoms with Gasteiger partial charge in [-0.25, -0.2) is 4.98 Å². The molecule has 3 rings (SSSR count). The molecule has 0 aliphatic heterocycles. The van der Waals surface area contributed by atoms with Crippen LogP contribution in [0.4, 0.5) is 0 Å². The van der Waals surface area contributed by atoms with E-state index in [9.17, 15) is 0 Å². The minimum Gasteiger partial charge on any atom is -0.495 e. The van der Waals surface area contributed by atoms with Crippen LogP contribution in [0.3, 0.4) is 0 Å². The molecule has 0 atom stereocenters. The molecule has 0 spiro atoms. The molecule has 0 unspecified atom stereocenters. The first kappa shape index (κ1) is 12.4. The van der Waals surface area contributed by atoms with Crippen molar-refractivity contribution in [1.29, 1.82) is 0 Å². The Bertz CT molecular complexity index is 765. The predicted molar refractivity (Wildman–Crippen MR) is 75.1 cm³/mol. The number of halogens is 1. The van der Waals surface area contributed by atoms with Crippen LogP contribution in [0, 0.1) is 13.8 Å². The highest BCUT2D eigenvalue weighted by molar-refractivity contribution is 7.13. The number of fused-ring (bicyclic) bond motifs is 1. The van der Waals surface area contributed by atoms with Gasteiger partial charge >= 0.3 is 0 Å². The summed E-state index contributed by atoms with van der Waals surface area (Å²) in [5, 5.41) is 10.7. The Balaban J connectivity index is 2.37. The summed E-state index contributed by atoms with van der Waals surface area (Å²) in [5.41, 5.74) is 2.39. The van der Waals surface area contributed by atoms with E-state index in [2.05, 4.69) is 15.2 Å². The van der Waals surface area contributed by atoms with Crippen molar-refractivity contribution in [3.8, 4) is 16.5 Å². The zero-order valence-corrected chi connectivity index (χ0v) is 12.2. The van der Waals surface area contributed by atoms with Gasteiger partial charge in [-0.3, -0.25) is 4.40 Å². The average Bonchev–Trinajstić information content (AvgIpc) is 3.01. The van der Waals surface area contributed by atoms with Crippen molar-refractivity contribution in [1.82, 2.24) is 19.6 Å². The maximum absolute atomic E-state index is 6.12. The zero-order valence-electron chi connectivity index (χ0n) is 10.6. The quantitative estimate of drug-likeness (QED) is 0.728. The Morgan fingerprint density at radius 1 is 1.32 bits per heavy atom. The number of ether oxygens (including phenoxy) is 1. The number of rotatable bonds is 2. The Morgan fingerprint density at radius 2 is 2.11 bits per heavy atom. The smallest absolute Gasteiger partial charge is 0.199 e. The molecule has 5 nitrogen and oxygen atoms in total. The van der Waals surface area contributed by atoms with Gasteiger partial charge in [0.05, 0.1) is 12.8 Å². The average molecular weight is 295 g/mol. The SMILES string of the molecule is COc1ccsc1-c1nnc2c(Cl)nc(C)c(C)n12. The summed E-state index contributed by atoms with van der Waals surface area (Å²) in [5.74, 6) is 1.51. The molecule has 0 saturated heterocycles. The highest BCUT2D eigenvalue weighted by Crippen LogP contribution is 2.35. The van der Waals surface area contributed by atoms with E-state index in [4.69, 9.17) is 16.3 Å². The van der Waals surface area contributed by atoms with Crippen LogP contribution in [0.1, 0.15) is 11.4 Å².